The molecule has 1 aliphatic rings. The lowest BCUT2D eigenvalue weighted by Crippen LogP contribution is -2.26. The van der Waals surface area contributed by atoms with Gasteiger partial charge in [0.15, 0.2) is 0 Å². The molecule has 0 amide bonds. The summed E-state index contributed by atoms with van der Waals surface area (Å²) in [6.45, 7) is 3.94. The summed E-state index contributed by atoms with van der Waals surface area (Å²) in [5, 5.41) is 3.58. The van der Waals surface area contributed by atoms with Crippen molar-refractivity contribution in [2.24, 2.45) is 0 Å². The van der Waals surface area contributed by atoms with Gasteiger partial charge in [-0.05, 0) is 49.6 Å². The first-order valence-electron chi connectivity index (χ1n) is 7.65. The molecule has 1 aromatic heterocycles. The van der Waals surface area contributed by atoms with Gasteiger partial charge in [0.2, 0.25) is 0 Å². The predicted molar refractivity (Wildman–Crippen MR) is 83.8 cm³/mol. The third kappa shape index (κ3) is 3.22. The Labute approximate surface area is 125 Å². The Hall–Kier alpha value is -1.94. The van der Waals surface area contributed by atoms with Crippen molar-refractivity contribution in [1.82, 2.24) is 15.3 Å². The molecule has 0 fully saturated rings. The Kier molecular flexibility index (Phi) is 4.46. The molecule has 0 saturated carbocycles. The van der Waals surface area contributed by atoms with Gasteiger partial charge in [-0.1, -0.05) is 13.0 Å². The van der Waals surface area contributed by atoms with E-state index in [0.717, 1.165) is 49.2 Å². The van der Waals surface area contributed by atoms with E-state index in [4.69, 9.17) is 4.74 Å². The molecule has 0 aliphatic carbocycles. The molecule has 1 aromatic carbocycles. The average Bonchev–Trinajstić information content (AvgIpc) is 2.56. The fraction of sp³-hybridized carbons (Fsp3) is 0.412. The van der Waals surface area contributed by atoms with E-state index in [9.17, 15) is 0 Å². The summed E-state index contributed by atoms with van der Waals surface area (Å²) in [5.41, 5.74) is 3.04. The quantitative estimate of drug-likeness (QED) is 0.914. The number of hydrogen-bond donors (Lipinski definition) is 1. The standard InChI is InChI=1S/C17H21N3O/c1-2-8-20-17(16-5-3-4-11-21-16)13-6-7-14-15(12-13)19-10-9-18-14/h5-7,9-10,12,17,20H,2-4,8,11H2,1H3. The first-order chi connectivity index (χ1) is 10.4. The molecule has 4 nitrogen and oxygen atoms in total. The van der Waals surface area contributed by atoms with Crippen LogP contribution in [0.4, 0.5) is 0 Å². The monoisotopic (exact) mass is 283 g/mol. The van der Waals surface area contributed by atoms with Crippen LogP contribution in [-0.2, 0) is 4.74 Å². The van der Waals surface area contributed by atoms with Gasteiger partial charge in [0.1, 0.15) is 5.76 Å². The third-order valence-electron chi connectivity index (χ3n) is 3.67. The number of hydrogen-bond acceptors (Lipinski definition) is 4. The second kappa shape index (κ2) is 6.68. The van der Waals surface area contributed by atoms with E-state index in [-0.39, 0.29) is 6.04 Å². The fourth-order valence-corrected chi connectivity index (χ4v) is 2.61. The van der Waals surface area contributed by atoms with Gasteiger partial charge >= 0.3 is 0 Å². The first-order valence-corrected chi connectivity index (χ1v) is 7.65. The molecule has 4 heteroatoms. The van der Waals surface area contributed by atoms with Crippen molar-refractivity contribution in [2.45, 2.75) is 32.2 Å². The lowest BCUT2D eigenvalue weighted by molar-refractivity contribution is 0.167. The molecule has 2 heterocycles. The van der Waals surface area contributed by atoms with Gasteiger partial charge in [-0.2, -0.15) is 0 Å². The highest BCUT2D eigenvalue weighted by Gasteiger charge is 2.19. The Morgan fingerprint density at radius 3 is 2.86 bits per heavy atom. The number of fused-ring (bicyclic) bond motifs is 1. The number of allylic oxidation sites excluding steroid dienone is 1. The molecule has 1 atom stereocenters. The zero-order valence-electron chi connectivity index (χ0n) is 12.4. The number of aromatic nitrogens is 2. The number of nitrogens with one attached hydrogen (secondary N) is 1. The van der Waals surface area contributed by atoms with E-state index in [1.165, 1.54) is 5.56 Å². The Bertz CT molecular complexity index is 639. The van der Waals surface area contributed by atoms with Crippen LogP contribution in [0.25, 0.3) is 11.0 Å². The molecule has 21 heavy (non-hydrogen) atoms. The van der Waals surface area contributed by atoms with Crippen LogP contribution in [0.2, 0.25) is 0 Å². The van der Waals surface area contributed by atoms with Crippen LogP contribution in [0, 0.1) is 0 Å². The van der Waals surface area contributed by atoms with E-state index >= 15 is 0 Å². The minimum Gasteiger partial charge on any atom is -0.496 e. The molecule has 0 radical (unpaired) electrons. The molecule has 0 saturated heterocycles. The fourth-order valence-electron chi connectivity index (χ4n) is 2.61. The van der Waals surface area contributed by atoms with Crippen LogP contribution >= 0.6 is 0 Å². The molecule has 1 N–H and O–H groups in total. The highest BCUT2D eigenvalue weighted by Crippen LogP contribution is 2.27. The number of rotatable bonds is 5. The SMILES string of the molecule is CCCNC(C1=CCCCO1)c1ccc2nccnc2c1. The molecule has 2 aromatic rings. The third-order valence-corrected chi connectivity index (χ3v) is 3.67. The maximum atomic E-state index is 5.87. The smallest absolute Gasteiger partial charge is 0.113 e. The van der Waals surface area contributed by atoms with Gasteiger partial charge in [-0.15, -0.1) is 0 Å². The predicted octanol–water partition coefficient (Wildman–Crippen LogP) is 3.36. The summed E-state index contributed by atoms with van der Waals surface area (Å²) in [6.07, 6.45) is 8.95. The molecule has 0 bridgehead atoms. The van der Waals surface area contributed by atoms with Crippen molar-refractivity contribution in [2.75, 3.05) is 13.2 Å². The zero-order chi connectivity index (χ0) is 14.5. The molecule has 1 unspecified atom stereocenters. The Morgan fingerprint density at radius 2 is 2.10 bits per heavy atom. The van der Waals surface area contributed by atoms with Gasteiger partial charge in [-0.3, -0.25) is 9.97 Å². The maximum absolute atomic E-state index is 5.87. The van der Waals surface area contributed by atoms with E-state index in [1.54, 1.807) is 12.4 Å². The van der Waals surface area contributed by atoms with Crippen molar-refractivity contribution in [3.8, 4) is 0 Å². The van der Waals surface area contributed by atoms with E-state index in [2.05, 4.69) is 40.4 Å². The van der Waals surface area contributed by atoms with E-state index in [1.807, 2.05) is 6.07 Å². The minimum atomic E-state index is 0.108. The molecular weight excluding hydrogens is 262 g/mol. The molecule has 3 rings (SSSR count). The number of benzene rings is 1. The average molecular weight is 283 g/mol. The summed E-state index contributed by atoms with van der Waals surface area (Å²) in [5.74, 6) is 1.04. The molecular formula is C17H21N3O. The van der Waals surface area contributed by atoms with Crippen molar-refractivity contribution in [1.29, 1.82) is 0 Å². The normalized spacial score (nSPS) is 16.3. The van der Waals surface area contributed by atoms with Crippen molar-refractivity contribution in [3.05, 3.63) is 48.0 Å². The van der Waals surface area contributed by atoms with Crippen LogP contribution in [0.15, 0.2) is 42.4 Å². The Morgan fingerprint density at radius 1 is 1.24 bits per heavy atom. The van der Waals surface area contributed by atoms with Gasteiger partial charge < -0.3 is 10.1 Å². The molecule has 110 valence electrons. The lowest BCUT2D eigenvalue weighted by Gasteiger charge is -2.25. The van der Waals surface area contributed by atoms with E-state index in [0.29, 0.717) is 0 Å². The van der Waals surface area contributed by atoms with Gasteiger partial charge in [0.25, 0.3) is 0 Å². The topological polar surface area (TPSA) is 47.0 Å². The Balaban J connectivity index is 1.94. The highest BCUT2D eigenvalue weighted by atomic mass is 16.5. The van der Waals surface area contributed by atoms with Gasteiger partial charge in [-0.25, -0.2) is 0 Å². The summed E-state index contributed by atoms with van der Waals surface area (Å²) < 4.78 is 5.87. The summed E-state index contributed by atoms with van der Waals surface area (Å²) in [4.78, 5) is 8.73. The van der Waals surface area contributed by atoms with Crippen LogP contribution < -0.4 is 5.32 Å². The van der Waals surface area contributed by atoms with Gasteiger partial charge in [0, 0.05) is 12.4 Å². The van der Waals surface area contributed by atoms with Gasteiger partial charge in [0.05, 0.1) is 23.7 Å². The number of ether oxygens (including phenoxy) is 1. The van der Waals surface area contributed by atoms with Crippen molar-refractivity contribution < 1.29 is 4.74 Å². The second-order valence-electron chi connectivity index (χ2n) is 5.29. The summed E-state index contributed by atoms with van der Waals surface area (Å²) in [7, 11) is 0. The highest BCUT2D eigenvalue weighted by molar-refractivity contribution is 5.74. The number of nitrogens with zero attached hydrogens (tertiary/aromatic N) is 2. The van der Waals surface area contributed by atoms with E-state index < -0.39 is 0 Å². The largest absolute Gasteiger partial charge is 0.496 e. The van der Waals surface area contributed by atoms with Crippen LogP contribution in [0.5, 0.6) is 0 Å². The van der Waals surface area contributed by atoms with Crippen molar-refractivity contribution in [3.63, 3.8) is 0 Å². The minimum absolute atomic E-state index is 0.108. The lowest BCUT2D eigenvalue weighted by atomic mass is 10.0. The van der Waals surface area contributed by atoms with Crippen LogP contribution in [0.3, 0.4) is 0 Å². The van der Waals surface area contributed by atoms with Crippen LogP contribution in [-0.4, -0.2) is 23.1 Å². The zero-order valence-corrected chi connectivity index (χ0v) is 12.4. The van der Waals surface area contributed by atoms with Crippen LogP contribution in [0.1, 0.15) is 37.8 Å². The first kappa shape index (κ1) is 14.0. The van der Waals surface area contributed by atoms with Crippen molar-refractivity contribution >= 4 is 11.0 Å². The summed E-state index contributed by atoms with van der Waals surface area (Å²) >= 11 is 0. The molecule has 0 spiro atoms. The summed E-state index contributed by atoms with van der Waals surface area (Å²) in [6, 6.07) is 6.36. The maximum Gasteiger partial charge on any atom is 0.113 e. The second-order valence-corrected chi connectivity index (χ2v) is 5.29. The molecule has 1 aliphatic heterocycles.